The van der Waals surface area contributed by atoms with Crippen molar-refractivity contribution >= 4 is 57.6 Å². The van der Waals surface area contributed by atoms with Gasteiger partial charge in [0.2, 0.25) is 0 Å². The molecule has 1 heterocycles. The van der Waals surface area contributed by atoms with Crippen LogP contribution in [0.25, 0.3) is 6.08 Å². The number of hydrogen-bond acceptors (Lipinski definition) is 4. The van der Waals surface area contributed by atoms with E-state index in [1.807, 2.05) is 61.5 Å². The van der Waals surface area contributed by atoms with Crippen LogP contribution in [-0.2, 0) is 11.4 Å². The predicted molar refractivity (Wildman–Crippen MR) is 137 cm³/mol. The first-order chi connectivity index (χ1) is 15.5. The van der Waals surface area contributed by atoms with Gasteiger partial charge in [-0.3, -0.25) is 4.79 Å². The van der Waals surface area contributed by atoms with Gasteiger partial charge in [0.1, 0.15) is 6.61 Å². The number of carbonyl (C=O) groups is 1. The normalized spacial score (nSPS) is 14.6. The van der Waals surface area contributed by atoms with Crippen molar-refractivity contribution in [3.8, 4) is 11.5 Å². The molecule has 1 amide bonds. The van der Waals surface area contributed by atoms with E-state index in [0.717, 1.165) is 20.4 Å². The van der Waals surface area contributed by atoms with Gasteiger partial charge in [0.15, 0.2) is 11.5 Å². The highest BCUT2D eigenvalue weighted by molar-refractivity contribution is 14.1. The van der Waals surface area contributed by atoms with E-state index in [9.17, 15) is 4.79 Å². The van der Waals surface area contributed by atoms with Crippen LogP contribution in [0.2, 0.25) is 5.02 Å². The molecule has 0 radical (unpaired) electrons. The van der Waals surface area contributed by atoms with Gasteiger partial charge in [-0.2, -0.15) is 10.1 Å². The number of nitrogens with zero attached hydrogens (tertiary/aromatic N) is 2. The number of hydrogen-bond donors (Lipinski definition) is 0. The van der Waals surface area contributed by atoms with Gasteiger partial charge in [-0.05, 0) is 83.1 Å². The first kappa shape index (κ1) is 22.4. The molecule has 32 heavy (non-hydrogen) atoms. The summed E-state index contributed by atoms with van der Waals surface area (Å²) in [4.78, 5) is 13.0. The first-order valence-electron chi connectivity index (χ1n) is 9.88. The summed E-state index contributed by atoms with van der Waals surface area (Å²) in [6.07, 6.45) is 1.77. The SMILES string of the molecule is COc1cc(/C=C2/C(=O)N(c3ccccc3)N=C2C)cc(Cl)c1OCc1ccc(I)cc1. The van der Waals surface area contributed by atoms with Crippen molar-refractivity contribution in [2.45, 2.75) is 13.5 Å². The van der Waals surface area contributed by atoms with Crippen LogP contribution >= 0.6 is 34.2 Å². The largest absolute Gasteiger partial charge is 0.493 e. The summed E-state index contributed by atoms with van der Waals surface area (Å²) >= 11 is 8.79. The summed E-state index contributed by atoms with van der Waals surface area (Å²) in [5, 5.41) is 6.22. The molecule has 4 rings (SSSR count). The Morgan fingerprint density at radius 1 is 1.09 bits per heavy atom. The molecule has 162 valence electrons. The third-order valence-corrected chi connectivity index (χ3v) is 5.92. The second-order valence-corrected chi connectivity index (χ2v) is 8.80. The molecule has 1 aliphatic rings. The number of ether oxygens (including phenoxy) is 2. The average molecular weight is 559 g/mol. The molecule has 7 heteroatoms. The molecule has 0 aliphatic carbocycles. The van der Waals surface area contributed by atoms with Gasteiger partial charge in [0.25, 0.3) is 5.91 Å². The fourth-order valence-electron chi connectivity index (χ4n) is 3.29. The fourth-order valence-corrected chi connectivity index (χ4v) is 3.93. The Kier molecular flexibility index (Phi) is 6.81. The van der Waals surface area contributed by atoms with Crippen molar-refractivity contribution in [1.82, 2.24) is 0 Å². The van der Waals surface area contributed by atoms with Crippen LogP contribution in [0.1, 0.15) is 18.1 Å². The smallest absolute Gasteiger partial charge is 0.280 e. The van der Waals surface area contributed by atoms with E-state index in [0.29, 0.717) is 34.4 Å². The van der Waals surface area contributed by atoms with Gasteiger partial charge in [0, 0.05) is 3.57 Å². The highest BCUT2D eigenvalue weighted by Crippen LogP contribution is 2.38. The Balaban J connectivity index is 1.59. The molecule has 3 aromatic carbocycles. The van der Waals surface area contributed by atoms with Gasteiger partial charge in [-0.15, -0.1) is 0 Å². The van der Waals surface area contributed by atoms with Crippen LogP contribution in [0.5, 0.6) is 11.5 Å². The lowest BCUT2D eigenvalue weighted by Crippen LogP contribution is -2.21. The standard InChI is InChI=1S/C25H20ClIN2O3/c1-16-21(25(30)29(28-16)20-6-4-3-5-7-20)12-18-13-22(26)24(23(14-18)31-2)32-15-17-8-10-19(27)11-9-17/h3-14H,15H2,1-2H3/b21-12+. The minimum absolute atomic E-state index is 0.192. The number of anilines is 1. The van der Waals surface area contributed by atoms with Crippen molar-refractivity contribution in [3.05, 3.63) is 92.0 Å². The van der Waals surface area contributed by atoms with E-state index >= 15 is 0 Å². The van der Waals surface area contributed by atoms with Crippen molar-refractivity contribution in [2.75, 3.05) is 12.1 Å². The third kappa shape index (κ3) is 4.81. The molecule has 0 saturated heterocycles. The lowest BCUT2D eigenvalue weighted by atomic mass is 10.1. The molecule has 0 atom stereocenters. The minimum Gasteiger partial charge on any atom is -0.493 e. The summed E-state index contributed by atoms with van der Waals surface area (Å²) in [5.74, 6) is 0.765. The predicted octanol–water partition coefficient (Wildman–Crippen LogP) is 6.34. The van der Waals surface area contributed by atoms with E-state index in [-0.39, 0.29) is 5.91 Å². The summed E-state index contributed by atoms with van der Waals surface area (Å²) in [6, 6.07) is 20.9. The lowest BCUT2D eigenvalue weighted by molar-refractivity contribution is -0.114. The van der Waals surface area contributed by atoms with Gasteiger partial charge in [-0.1, -0.05) is 41.9 Å². The molecule has 1 aliphatic heterocycles. The number of para-hydroxylation sites is 1. The zero-order valence-electron chi connectivity index (χ0n) is 17.5. The van der Waals surface area contributed by atoms with E-state index in [1.165, 1.54) is 5.01 Å². The van der Waals surface area contributed by atoms with Gasteiger partial charge in [-0.25, -0.2) is 0 Å². The summed E-state index contributed by atoms with van der Waals surface area (Å²) < 4.78 is 12.6. The summed E-state index contributed by atoms with van der Waals surface area (Å²) in [7, 11) is 1.56. The number of benzene rings is 3. The first-order valence-corrected chi connectivity index (χ1v) is 11.3. The highest BCUT2D eigenvalue weighted by atomic mass is 127. The molecule has 3 aromatic rings. The number of halogens is 2. The number of hydrazone groups is 1. The molecule has 0 bridgehead atoms. The second kappa shape index (κ2) is 9.75. The van der Waals surface area contributed by atoms with Gasteiger partial charge in [0.05, 0.1) is 29.1 Å². The maximum atomic E-state index is 13.0. The number of rotatable bonds is 6. The molecule has 0 aromatic heterocycles. The van der Waals surface area contributed by atoms with Crippen molar-refractivity contribution in [3.63, 3.8) is 0 Å². The molecule has 0 fully saturated rings. The van der Waals surface area contributed by atoms with Crippen LogP contribution in [-0.4, -0.2) is 18.7 Å². The molecule has 0 N–H and O–H groups in total. The number of carbonyl (C=O) groups excluding carboxylic acids is 1. The Labute approximate surface area is 205 Å². The van der Waals surface area contributed by atoms with E-state index in [2.05, 4.69) is 27.7 Å². The summed E-state index contributed by atoms with van der Waals surface area (Å²) in [6.45, 7) is 2.17. The van der Waals surface area contributed by atoms with Crippen molar-refractivity contribution in [1.29, 1.82) is 0 Å². The monoisotopic (exact) mass is 558 g/mol. The Bertz CT molecular complexity index is 1210. The number of methoxy groups -OCH3 is 1. The average Bonchev–Trinajstić information content (AvgIpc) is 3.08. The van der Waals surface area contributed by atoms with Crippen LogP contribution in [0, 0.1) is 3.57 Å². The van der Waals surface area contributed by atoms with Crippen LogP contribution in [0.15, 0.2) is 77.4 Å². The Hall–Kier alpha value is -2.84. The van der Waals surface area contributed by atoms with Crippen molar-refractivity contribution < 1.29 is 14.3 Å². The Morgan fingerprint density at radius 2 is 1.81 bits per heavy atom. The quantitative estimate of drug-likeness (QED) is 0.262. The molecule has 0 saturated carbocycles. The van der Waals surface area contributed by atoms with Crippen LogP contribution in [0.4, 0.5) is 5.69 Å². The van der Waals surface area contributed by atoms with Crippen molar-refractivity contribution in [2.24, 2.45) is 5.10 Å². The maximum Gasteiger partial charge on any atom is 0.280 e. The van der Waals surface area contributed by atoms with Gasteiger partial charge >= 0.3 is 0 Å². The highest BCUT2D eigenvalue weighted by Gasteiger charge is 2.28. The molecule has 0 spiro atoms. The van der Waals surface area contributed by atoms with Crippen LogP contribution in [0.3, 0.4) is 0 Å². The van der Waals surface area contributed by atoms with Gasteiger partial charge < -0.3 is 9.47 Å². The minimum atomic E-state index is -0.192. The zero-order chi connectivity index (χ0) is 22.7. The molecule has 0 unspecified atom stereocenters. The molecule has 5 nitrogen and oxygen atoms in total. The zero-order valence-corrected chi connectivity index (χ0v) is 20.4. The van der Waals surface area contributed by atoms with E-state index in [4.69, 9.17) is 21.1 Å². The lowest BCUT2D eigenvalue weighted by Gasteiger charge is -2.14. The Morgan fingerprint density at radius 3 is 2.50 bits per heavy atom. The van der Waals surface area contributed by atoms with E-state index < -0.39 is 0 Å². The molecular formula is C25H20ClIN2O3. The number of amides is 1. The summed E-state index contributed by atoms with van der Waals surface area (Å²) in [5.41, 5.74) is 3.60. The fraction of sp³-hybridized carbons (Fsp3) is 0.120. The van der Waals surface area contributed by atoms with E-state index in [1.54, 1.807) is 25.3 Å². The molecular weight excluding hydrogens is 539 g/mol. The second-order valence-electron chi connectivity index (χ2n) is 7.15. The van der Waals surface area contributed by atoms with Crippen LogP contribution < -0.4 is 14.5 Å². The topological polar surface area (TPSA) is 51.1 Å². The third-order valence-electron chi connectivity index (χ3n) is 4.92. The maximum absolute atomic E-state index is 13.0.